The second-order valence-electron chi connectivity index (χ2n) is 5.69. The molecule has 1 N–H and O–H groups in total. The number of carbonyl (C=O) groups is 1. The molecule has 1 aromatic heterocycles. The summed E-state index contributed by atoms with van der Waals surface area (Å²) < 4.78 is 1.62. The van der Waals surface area contributed by atoms with Gasteiger partial charge in [0.1, 0.15) is 5.69 Å². The van der Waals surface area contributed by atoms with E-state index in [2.05, 4.69) is 12.2 Å². The number of aromatic nitrogens is 1. The number of hydrogen-bond acceptors (Lipinski definition) is 2. The number of fused-ring (bicyclic) bond motifs is 1. The van der Waals surface area contributed by atoms with Gasteiger partial charge in [0.05, 0.1) is 0 Å². The number of nitrogens with zero attached hydrogens (tertiary/aromatic N) is 1. The number of carbonyl (C=O) groups excluding carboxylic acids is 1. The molecule has 2 aromatic rings. The van der Waals surface area contributed by atoms with Crippen LogP contribution in [-0.2, 0) is 6.54 Å². The third-order valence-electron chi connectivity index (χ3n) is 3.77. The average molecular weight is 300 g/mol. The highest BCUT2D eigenvalue weighted by atomic mass is 16.2. The second kappa shape index (κ2) is 7.25. The van der Waals surface area contributed by atoms with E-state index < -0.39 is 0 Å². The highest BCUT2D eigenvalue weighted by Crippen LogP contribution is 2.15. The van der Waals surface area contributed by atoms with Gasteiger partial charge in [-0.15, -0.1) is 0 Å². The van der Waals surface area contributed by atoms with Crippen LogP contribution in [0.4, 0.5) is 0 Å². The van der Waals surface area contributed by atoms with Crippen LogP contribution in [-0.4, -0.2) is 17.0 Å². The normalized spacial score (nSPS) is 10.9. The maximum absolute atomic E-state index is 12.8. The Hall–Kier alpha value is -2.10. The van der Waals surface area contributed by atoms with E-state index in [0.717, 1.165) is 30.2 Å². The van der Waals surface area contributed by atoms with Crippen LogP contribution < -0.4 is 10.9 Å². The summed E-state index contributed by atoms with van der Waals surface area (Å²) in [5.41, 5.74) is 1.44. The first-order chi connectivity index (χ1) is 10.6. The number of rotatable bonds is 6. The van der Waals surface area contributed by atoms with Crippen LogP contribution in [0.15, 0.2) is 29.1 Å². The third kappa shape index (κ3) is 3.38. The molecule has 4 heteroatoms. The summed E-state index contributed by atoms with van der Waals surface area (Å²) >= 11 is 0. The fraction of sp³-hybridized carbons (Fsp3) is 0.444. The van der Waals surface area contributed by atoms with Gasteiger partial charge in [-0.1, -0.05) is 38.0 Å². The highest BCUT2D eigenvalue weighted by molar-refractivity contribution is 5.96. The average Bonchev–Trinajstić information content (AvgIpc) is 2.52. The Bertz CT molecular complexity index is 732. The molecule has 0 unspecified atom stereocenters. The summed E-state index contributed by atoms with van der Waals surface area (Å²) in [6.07, 6.45) is 2.73. The zero-order valence-electron chi connectivity index (χ0n) is 13.6. The number of pyridine rings is 1. The minimum absolute atomic E-state index is 0.0729. The van der Waals surface area contributed by atoms with E-state index in [-0.39, 0.29) is 11.5 Å². The summed E-state index contributed by atoms with van der Waals surface area (Å²) in [7, 11) is 0. The van der Waals surface area contributed by atoms with Crippen molar-refractivity contribution < 1.29 is 4.79 Å². The van der Waals surface area contributed by atoms with Crippen LogP contribution >= 0.6 is 0 Å². The van der Waals surface area contributed by atoms with E-state index in [1.54, 1.807) is 4.57 Å². The molecule has 0 spiro atoms. The van der Waals surface area contributed by atoms with Crippen molar-refractivity contribution in [2.75, 3.05) is 6.54 Å². The van der Waals surface area contributed by atoms with Crippen molar-refractivity contribution in [3.63, 3.8) is 0 Å². The monoisotopic (exact) mass is 300 g/mol. The van der Waals surface area contributed by atoms with Crippen LogP contribution in [0.3, 0.4) is 0 Å². The lowest BCUT2D eigenvalue weighted by atomic mass is 10.1. The maximum Gasteiger partial charge on any atom is 0.268 e. The van der Waals surface area contributed by atoms with Gasteiger partial charge in [-0.2, -0.15) is 0 Å². The van der Waals surface area contributed by atoms with E-state index in [1.807, 2.05) is 38.1 Å². The number of nitrogens with one attached hydrogen (secondary N) is 1. The van der Waals surface area contributed by atoms with E-state index >= 15 is 0 Å². The Morgan fingerprint density at radius 1 is 1.18 bits per heavy atom. The molecule has 22 heavy (non-hydrogen) atoms. The van der Waals surface area contributed by atoms with Gasteiger partial charge in [0.15, 0.2) is 0 Å². The number of aryl methyl sites for hydroxylation is 1. The molecule has 4 nitrogen and oxygen atoms in total. The first kappa shape index (κ1) is 16.3. The fourth-order valence-electron chi connectivity index (χ4n) is 2.52. The van der Waals surface area contributed by atoms with Crippen molar-refractivity contribution in [3.05, 3.63) is 45.9 Å². The molecule has 2 rings (SSSR count). The smallest absolute Gasteiger partial charge is 0.268 e. The van der Waals surface area contributed by atoms with Gasteiger partial charge in [0.25, 0.3) is 11.5 Å². The lowest BCUT2D eigenvalue weighted by molar-refractivity contribution is 0.0943. The molecular weight excluding hydrogens is 276 g/mol. The summed E-state index contributed by atoms with van der Waals surface area (Å²) in [6, 6.07) is 7.60. The molecule has 1 aromatic carbocycles. The number of unbranched alkanes of at least 4 members (excludes halogenated alkanes) is 1. The van der Waals surface area contributed by atoms with Gasteiger partial charge >= 0.3 is 0 Å². The van der Waals surface area contributed by atoms with Gasteiger partial charge in [0.2, 0.25) is 0 Å². The van der Waals surface area contributed by atoms with Crippen molar-refractivity contribution >= 4 is 16.7 Å². The largest absolute Gasteiger partial charge is 0.351 e. The number of benzene rings is 1. The summed E-state index contributed by atoms with van der Waals surface area (Å²) in [5.74, 6) is -0.169. The maximum atomic E-state index is 12.8. The lowest BCUT2D eigenvalue weighted by Crippen LogP contribution is -2.33. The third-order valence-corrected chi connectivity index (χ3v) is 3.77. The predicted octanol–water partition coefficient (Wildman–Crippen LogP) is 3.25. The molecule has 118 valence electrons. The first-order valence-corrected chi connectivity index (χ1v) is 8.00. The van der Waals surface area contributed by atoms with Crippen LogP contribution in [0.1, 0.15) is 49.2 Å². The fourth-order valence-corrected chi connectivity index (χ4v) is 2.52. The SMILES string of the molecule is CCCCn1c(C(=O)NCCC)cc2ccc(C)cc2c1=O. The number of amides is 1. The predicted molar refractivity (Wildman–Crippen MR) is 90.5 cm³/mol. The van der Waals surface area contributed by atoms with Crippen LogP contribution in [0, 0.1) is 6.92 Å². The quantitative estimate of drug-likeness (QED) is 0.890. The Labute approximate surface area is 131 Å². The van der Waals surface area contributed by atoms with Crippen LogP contribution in [0.25, 0.3) is 10.8 Å². The first-order valence-electron chi connectivity index (χ1n) is 8.00. The zero-order valence-corrected chi connectivity index (χ0v) is 13.6. The van der Waals surface area contributed by atoms with Crippen molar-refractivity contribution in [2.24, 2.45) is 0 Å². The van der Waals surface area contributed by atoms with Gasteiger partial charge in [-0.3, -0.25) is 9.59 Å². The molecule has 0 atom stereocenters. The summed E-state index contributed by atoms with van der Waals surface area (Å²) in [4.78, 5) is 25.1. The van der Waals surface area contributed by atoms with Crippen LogP contribution in [0.5, 0.6) is 0 Å². The zero-order chi connectivity index (χ0) is 16.1. The topological polar surface area (TPSA) is 51.1 Å². The van der Waals surface area contributed by atoms with Crippen molar-refractivity contribution in [3.8, 4) is 0 Å². The van der Waals surface area contributed by atoms with Gasteiger partial charge in [-0.05, 0) is 37.3 Å². The molecule has 0 aliphatic carbocycles. The van der Waals surface area contributed by atoms with Crippen molar-refractivity contribution in [1.29, 1.82) is 0 Å². The van der Waals surface area contributed by atoms with Gasteiger partial charge < -0.3 is 9.88 Å². The Balaban J connectivity index is 2.59. The molecule has 0 radical (unpaired) electrons. The molecule has 1 amide bonds. The van der Waals surface area contributed by atoms with Gasteiger partial charge in [-0.25, -0.2) is 0 Å². The Morgan fingerprint density at radius 2 is 1.95 bits per heavy atom. The van der Waals surface area contributed by atoms with Crippen molar-refractivity contribution in [1.82, 2.24) is 9.88 Å². The van der Waals surface area contributed by atoms with E-state index in [1.165, 1.54) is 0 Å². The minimum Gasteiger partial charge on any atom is -0.351 e. The minimum atomic E-state index is -0.169. The van der Waals surface area contributed by atoms with E-state index in [9.17, 15) is 9.59 Å². The molecule has 1 heterocycles. The van der Waals surface area contributed by atoms with E-state index in [0.29, 0.717) is 24.2 Å². The summed E-state index contributed by atoms with van der Waals surface area (Å²) in [6.45, 7) is 7.25. The Morgan fingerprint density at radius 3 is 2.64 bits per heavy atom. The molecule has 0 saturated heterocycles. The van der Waals surface area contributed by atoms with Crippen LogP contribution in [0.2, 0.25) is 0 Å². The molecule has 0 bridgehead atoms. The molecule has 0 aliphatic rings. The molecule has 0 fully saturated rings. The summed E-state index contributed by atoms with van der Waals surface area (Å²) in [5, 5.41) is 4.38. The van der Waals surface area contributed by atoms with E-state index in [4.69, 9.17) is 0 Å². The lowest BCUT2D eigenvalue weighted by Gasteiger charge is -2.14. The highest BCUT2D eigenvalue weighted by Gasteiger charge is 2.15. The van der Waals surface area contributed by atoms with Crippen molar-refractivity contribution in [2.45, 2.75) is 46.6 Å². The number of hydrogen-bond donors (Lipinski definition) is 1. The standard InChI is InChI=1S/C18H24N2O2/c1-4-6-10-20-16(17(21)19-9-5-2)12-14-8-7-13(3)11-15(14)18(20)22/h7-8,11-12H,4-6,9-10H2,1-3H3,(H,19,21). The van der Waals surface area contributed by atoms with Gasteiger partial charge in [0, 0.05) is 18.5 Å². The Kier molecular flexibility index (Phi) is 5.36. The molecular formula is C18H24N2O2. The second-order valence-corrected chi connectivity index (χ2v) is 5.69. The molecule has 0 saturated carbocycles. The molecule has 0 aliphatic heterocycles.